The van der Waals surface area contributed by atoms with E-state index in [1.54, 1.807) is 7.11 Å². The van der Waals surface area contributed by atoms with Crippen LogP contribution in [-0.4, -0.2) is 12.9 Å². The van der Waals surface area contributed by atoms with E-state index in [9.17, 15) is 0 Å². The van der Waals surface area contributed by atoms with Gasteiger partial charge in [-0.3, -0.25) is 9.01 Å². The van der Waals surface area contributed by atoms with E-state index in [1.807, 2.05) is 12.1 Å². The molecule has 19 heavy (non-hydrogen) atoms. The van der Waals surface area contributed by atoms with Crippen molar-refractivity contribution in [3.8, 4) is 5.75 Å². The molecule has 0 atom stereocenters. The minimum atomic E-state index is 0.638. The van der Waals surface area contributed by atoms with Gasteiger partial charge in [-0.25, -0.2) is 0 Å². The van der Waals surface area contributed by atoms with Crippen LogP contribution in [0.25, 0.3) is 10.8 Å². The highest BCUT2D eigenvalue weighted by atomic mass is 79.9. The number of halogens is 1. The predicted molar refractivity (Wildman–Crippen MR) is 81.2 cm³/mol. The van der Waals surface area contributed by atoms with Crippen molar-refractivity contribution in [1.82, 2.24) is 4.72 Å². The number of fused-ring (bicyclic) bond motifs is 1. The van der Waals surface area contributed by atoms with Gasteiger partial charge in [0.2, 0.25) is 12.2 Å². The number of oxime groups is 1. The third kappa shape index (κ3) is 2.37. The zero-order chi connectivity index (χ0) is 13.2. The molecular formula is C13H11BrN2O2S. The van der Waals surface area contributed by atoms with Crippen molar-refractivity contribution in [2.24, 2.45) is 5.16 Å². The second kappa shape index (κ2) is 5.30. The van der Waals surface area contributed by atoms with E-state index in [-0.39, 0.29) is 0 Å². The Kier molecular flexibility index (Phi) is 3.52. The van der Waals surface area contributed by atoms with Gasteiger partial charge in [0.05, 0.1) is 7.11 Å². The molecule has 0 aliphatic carbocycles. The first-order valence-corrected chi connectivity index (χ1v) is 7.22. The quantitative estimate of drug-likeness (QED) is 0.685. The van der Waals surface area contributed by atoms with Crippen molar-refractivity contribution < 1.29 is 9.02 Å². The van der Waals surface area contributed by atoms with Gasteiger partial charge >= 0.3 is 0 Å². The number of nitrogens with one attached hydrogen (secondary N) is 1. The Hall–Kier alpha value is -1.40. The van der Waals surface area contributed by atoms with Gasteiger partial charge in [0.25, 0.3) is 0 Å². The first-order chi connectivity index (χ1) is 9.29. The van der Waals surface area contributed by atoms with Crippen LogP contribution in [0, 0.1) is 0 Å². The number of hydrogen-bond donors (Lipinski definition) is 1. The summed E-state index contributed by atoms with van der Waals surface area (Å²) in [5.74, 6) is 1.66. The van der Waals surface area contributed by atoms with E-state index >= 15 is 0 Å². The van der Waals surface area contributed by atoms with Gasteiger partial charge in [-0.15, -0.1) is 0 Å². The maximum atomic E-state index is 5.57. The summed E-state index contributed by atoms with van der Waals surface area (Å²) in [7, 11) is 1.69. The lowest BCUT2D eigenvalue weighted by atomic mass is 10.0. The lowest BCUT2D eigenvalue weighted by Gasteiger charge is -2.13. The fraction of sp³-hybridized carbons (Fsp3) is 0.154. The van der Waals surface area contributed by atoms with Gasteiger partial charge in [-0.05, 0) is 11.5 Å². The summed E-state index contributed by atoms with van der Waals surface area (Å²) in [5, 5.41) is 6.13. The van der Waals surface area contributed by atoms with Crippen LogP contribution in [0.4, 0.5) is 0 Å². The van der Waals surface area contributed by atoms with Crippen molar-refractivity contribution in [1.29, 1.82) is 0 Å². The van der Waals surface area contributed by atoms with Gasteiger partial charge < -0.3 is 4.74 Å². The number of methoxy groups -OCH3 is 1. The zero-order valence-corrected chi connectivity index (χ0v) is 12.5. The molecule has 0 unspecified atom stereocenters. The Bertz CT molecular complexity index is 660. The molecule has 3 rings (SSSR count). The molecule has 1 aliphatic heterocycles. The molecule has 0 amide bonds. The maximum Gasteiger partial charge on any atom is 0.208 e. The van der Waals surface area contributed by atoms with Crippen LogP contribution in [-0.2, 0) is 10.7 Å². The number of nitrogens with zero attached hydrogens (tertiary/aromatic N) is 1. The zero-order valence-electron chi connectivity index (χ0n) is 10.1. The average Bonchev–Trinajstić information content (AvgIpc) is 2.92. The molecule has 6 heteroatoms. The second-order valence-corrected chi connectivity index (χ2v) is 5.45. The smallest absolute Gasteiger partial charge is 0.208 e. The van der Waals surface area contributed by atoms with E-state index in [1.165, 1.54) is 0 Å². The average molecular weight is 339 g/mol. The van der Waals surface area contributed by atoms with E-state index in [0.717, 1.165) is 44.6 Å². The molecule has 1 aliphatic rings. The molecule has 0 fully saturated rings. The molecule has 0 radical (unpaired) electrons. The first-order valence-electron chi connectivity index (χ1n) is 5.69. The van der Waals surface area contributed by atoms with Crippen LogP contribution in [0.2, 0.25) is 0 Å². The highest BCUT2D eigenvalue weighted by molar-refractivity contribution is 9.10. The maximum absolute atomic E-state index is 5.57. The minimum absolute atomic E-state index is 0.638. The summed E-state index contributed by atoms with van der Waals surface area (Å²) in [5.41, 5.74) is 1.06. The van der Waals surface area contributed by atoms with E-state index in [0.29, 0.717) is 6.42 Å². The molecule has 0 bridgehead atoms. The molecule has 0 spiro atoms. The summed E-state index contributed by atoms with van der Waals surface area (Å²) in [6.45, 7) is 0. The number of rotatable bonds is 3. The van der Waals surface area contributed by atoms with E-state index in [2.05, 4.69) is 44.0 Å². The third-order valence-electron chi connectivity index (χ3n) is 2.93. The number of ether oxygens (including phenoxy) is 1. The molecule has 0 aromatic heterocycles. The standard InChI is InChI=1S/C13H11BrN2O2S/c1-17-13-8(7-12-15-18-19-16-12)6-11(14)9-4-2-3-5-10(9)13/h2-6H,7H2,1H3,(H,15,16). The molecule has 98 valence electrons. The predicted octanol–water partition coefficient (Wildman–Crippen LogP) is 3.65. The normalized spacial score (nSPS) is 13.9. The summed E-state index contributed by atoms with van der Waals surface area (Å²) < 4.78 is 14.5. The Balaban J connectivity index is 2.12. The Labute approximate surface area is 123 Å². The molecule has 0 saturated carbocycles. The molecule has 1 N–H and O–H groups in total. The van der Waals surface area contributed by atoms with Crippen molar-refractivity contribution >= 4 is 44.8 Å². The fourth-order valence-corrected chi connectivity index (χ4v) is 3.12. The molecule has 0 saturated heterocycles. The Morgan fingerprint density at radius 3 is 2.84 bits per heavy atom. The summed E-state index contributed by atoms with van der Waals surface area (Å²) >= 11 is 4.72. The lowest BCUT2D eigenvalue weighted by molar-refractivity contribution is 0.412. The fourth-order valence-electron chi connectivity index (χ4n) is 2.13. The summed E-state index contributed by atoms with van der Waals surface area (Å²) in [6, 6.07) is 10.2. The topological polar surface area (TPSA) is 42.9 Å². The van der Waals surface area contributed by atoms with Crippen LogP contribution in [0.5, 0.6) is 5.75 Å². The van der Waals surface area contributed by atoms with E-state index in [4.69, 9.17) is 9.02 Å². The van der Waals surface area contributed by atoms with Gasteiger partial charge in [0, 0.05) is 21.8 Å². The highest BCUT2D eigenvalue weighted by Gasteiger charge is 2.16. The van der Waals surface area contributed by atoms with Crippen LogP contribution < -0.4 is 9.46 Å². The first kappa shape index (κ1) is 12.6. The summed E-state index contributed by atoms with van der Waals surface area (Å²) in [4.78, 5) is 0. The van der Waals surface area contributed by atoms with Crippen molar-refractivity contribution in [3.63, 3.8) is 0 Å². The van der Waals surface area contributed by atoms with Crippen molar-refractivity contribution in [2.75, 3.05) is 7.11 Å². The van der Waals surface area contributed by atoms with Crippen molar-refractivity contribution in [2.45, 2.75) is 6.42 Å². The number of amidine groups is 1. The monoisotopic (exact) mass is 338 g/mol. The Morgan fingerprint density at radius 1 is 1.37 bits per heavy atom. The highest BCUT2D eigenvalue weighted by Crippen LogP contribution is 2.35. The molecule has 2 aromatic carbocycles. The molecule has 1 heterocycles. The van der Waals surface area contributed by atoms with Gasteiger partial charge in [0.15, 0.2) is 5.84 Å². The van der Waals surface area contributed by atoms with E-state index < -0.39 is 0 Å². The van der Waals surface area contributed by atoms with Crippen LogP contribution in [0.3, 0.4) is 0 Å². The molecule has 2 aromatic rings. The van der Waals surface area contributed by atoms with Gasteiger partial charge in [-0.1, -0.05) is 45.4 Å². The van der Waals surface area contributed by atoms with Crippen LogP contribution in [0.15, 0.2) is 40.0 Å². The Morgan fingerprint density at radius 2 is 2.16 bits per heavy atom. The van der Waals surface area contributed by atoms with Crippen LogP contribution in [0.1, 0.15) is 5.56 Å². The molecule has 4 nitrogen and oxygen atoms in total. The minimum Gasteiger partial charge on any atom is -0.496 e. The number of hydrogen-bond acceptors (Lipinski definition) is 5. The van der Waals surface area contributed by atoms with Crippen molar-refractivity contribution in [3.05, 3.63) is 40.4 Å². The van der Waals surface area contributed by atoms with Crippen LogP contribution >= 0.6 is 28.2 Å². The van der Waals surface area contributed by atoms with Gasteiger partial charge in [-0.2, -0.15) is 0 Å². The number of benzene rings is 2. The third-order valence-corrected chi connectivity index (χ3v) is 4.05. The van der Waals surface area contributed by atoms with Gasteiger partial charge in [0.1, 0.15) is 5.75 Å². The lowest BCUT2D eigenvalue weighted by Crippen LogP contribution is -2.14. The SMILES string of the molecule is COc1c(CC2=NOSN2)cc(Br)c2ccccc12. The molecular weight excluding hydrogens is 328 g/mol. The second-order valence-electron chi connectivity index (χ2n) is 4.07. The summed E-state index contributed by atoms with van der Waals surface area (Å²) in [6.07, 6.45) is 0.638. The largest absolute Gasteiger partial charge is 0.496 e.